The highest BCUT2D eigenvalue weighted by molar-refractivity contribution is 9.12. The molecule has 0 saturated heterocycles. The van der Waals surface area contributed by atoms with Crippen molar-refractivity contribution in [3.63, 3.8) is 0 Å². The van der Waals surface area contributed by atoms with E-state index in [2.05, 4.69) is 38.4 Å². The van der Waals surface area contributed by atoms with E-state index in [-0.39, 0.29) is 5.82 Å². The molecule has 0 atom stereocenters. The number of halogens is 3. The van der Waals surface area contributed by atoms with Crippen LogP contribution in [0.15, 0.2) is 20.2 Å². The predicted molar refractivity (Wildman–Crippen MR) is 53.6 cm³/mol. The molecular formula is C7H5Br2FS. The number of hydrogen-bond donors (Lipinski definition) is 0. The summed E-state index contributed by atoms with van der Waals surface area (Å²) < 4.78 is 14.5. The molecule has 0 N–H and O–H groups in total. The van der Waals surface area contributed by atoms with Gasteiger partial charge in [0.25, 0.3) is 0 Å². The lowest BCUT2D eigenvalue weighted by molar-refractivity contribution is 0.615. The third kappa shape index (κ3) is 1.92. The number of hydrogen-bond acceptors (Lipinski definition) is 1. The largest absolute Gasteiger partial charge is 0.204 e. The molecule has 0 aliphatic heterocycles. The molecule has 0 spiro atoms. The molecule has 0 unspecified atom stereocenters. The summed E-state index contributed by atoms with van der Waals surface area (Å²) in [5, 5.41) is 0. The minimum absolute atomic E-state index is 0.179. The van der Waals surface area contributed by atoms with Gasteiger partial charge in [0.2, 0.25) is 0 Å². The highest BCUT2D eigenvalue weighted by Crippen LogP contribution is 2.35. The summed E-state index contributed by atoms with van der Waals surface area (Å²) in [5.74, 6) is -0.179. The number of rotatable bonds is 2. The first kappa shape index (κ1) is 9.42. The summed E-state index contributed by atoms with van der Waals surface area (Å²) in [5.41, 5.74) is 0.678. The fourth-order valence-corrected chi connectivity index (χ4v) is 3.57. The van der Waals surface area contributed by atoms with E-state index in [0.717, 1.165) is 3.79 Å². The van der Waals surface area contributed by atoms with Gasteiger partial charge in [-0.15, -0.1) is 17.9 Å². The van der Waals surface area contributed by atoms with Gasteiger partial charge in [0.05, 0.1) is 3.79 Å². The van der Waals surface area contributed by atoms with Gasteiger partial charge in [-0.05, 0) is 38.3 Å². The standard InChI is InChI=1S/C7H5Br2FS/c1-2-3-4-5(10)7(9)11-6(4)8/h2H,1,3H2. The topological polar surface area (TPSA) is 0 Å². The van der Waals surface area contributed by atoms with Gasteiger partial charge in [-0.2, -0.15) is 0 Å². The van der Waals surface area contributed by atoms with Crippen LogP contribution in [0.1, 0.15) is 5.56 Å². The summed E-state index contributed by atoms with van der Waals surface area (Å²) in [6, 6.07) is 0. The Morgan fingerprint density at radius 1 is 1.45 bits per heavy atom. The van der Waals surface area contributed by atoms with Gasteiger partial charge in [0.1, 0.15) is 3.79 Å². The Hall–Kier alpha value is 0.330. The smallest absolute Gasteiger partial charge is 0.152 e. The van der Waals surface area contributed by atoms with E-state index in [1.807, 2.05) is 0 Å². The Bertz CT molecular complexity index is 280. The minimum atomic E-state index is -0.179. The molecule has 0 bridgehead atoms. The van der Waals surface area contributed by atoms with E-state index in [1.54, 1.807) is 6.08 Å². The third-order valence-corrected chi connectivity index (χ3v) is 3.78. The van der Waals surface area contributed by atoms with E-state index in [9.17, 15) is 4.39 Å². The van der Waals surface area contributed by atoms with Gasteiger partial charge in [0, 0.05) is 5.56 Å². The van der Waals surface area contributed by atoms with Gasteiger partial charge in [-0.3, -0.25) is 0 Å². The maximum absolute atomic E-state index is 13.1. The van der Waals surface area contributed by atoms with Crippen molar-refractivity contribution in [2.24, 2.45) is 0 Å². The van der Waals surface area contributed by atoms with Crippen molar-refractivity contribution in [3.8, 4) is 0 Å². The average molecular weight is 300 g/mol. The summed E-state index contributed by atoms with van der Waals surface area (Å²) >= 11 is 7.73. The van der Waals surface area contributed by atoms with Crippen molar-refractivity contribution < 1.29 is 4.39 Å². The monoisotopic (exact) mass is 298 g/mol. The van der Waals surface area contributed by atoms with E-state index in [0.29, 0.717) is 15.8 Å². The SMILES string of the molecule is C=CCc1c(Br)sc(Br)c1F. The quantitative estimate of drug-likeness (QED) is 0.720. The zero-order valence-electron chi connectivity index (χ0n) is 5.53. The zero-order chi connectivity index (χ0) is 8.43. The van der Waals surface area contributed by atoms with Gasteiger partial charge in [-0.25, -0.2) is 4.39 Å². The Morgan fingerprint density at radius 3 is 2.45 bits per heavy atom. The molecule has 0 saturated carbocycles. The first-order valence-corrected chi connectivity index (χ1v) is 5.30. The van der Waals surface area contributed by atoms with Crippen LogP contribution in [0.25, 0.3) is 0 Å². The van der Waals surface area contributed by atoms with Gasteiger partial charge in [0.15, 0.2) is 5.82 Å². The minimum Gasteiger partial charge on any atom is -0.204 e. The van der Waals surface area contributed by atoms with Crippen molar-refractivity contribution in [1.29, 1.82) is 0 Å². The van der Waals surface area contributed by atoms with Crippen LogP contribution in [0.3, 0.4) is 0 Å². The molecule has 1 aromatic rings. The van der Waals surface area contributed by atoms with E-state index < -0.39 is 0 Å². The van der Waals surface area contributed by atoms with Crippen molar-refractivity contribution in [2.75, 3.05) is 0 Å². The molecule has 0 amide bonds. The Morgan fingerprint density at radius 2 is 2.09 bits per heavy atom. The molecule has 4 heteroatoms. The van der Waals surface area contributed by atoms with Crippen LogP contribution >= 0.6 is 43.2 Å². The maximum atomic E-state index is 13.1. The molecular weight excluding hydrogens is 295 g/mol. The number of thiophene rings is 1. The summed E-state index contributed by atoms with van der Waals surface area (Å²) in [6.45, 7) is 3.55. The number of allylic oxidation sites excluding steroid dienone is 1. The molecule has 0 aliphatic rings. The average Bonchev–Trinajstić information content (AvgIpc) is 2.17. The zero-order valence-corrected chi connectivity index (χ0v) is 9.52. The lowest BCUT2D eigenvalue weighted by Crippen LogP contribution is -1.81. The Labute approximate surface area is 85.4 Å². The van der Waals surface area contributed by atoms with Crippen molar-refractivity contribution in [1.82, 2.24) is 0 Å². The highest BCUT2D eigenvalue weighted by Gasteiger charge is 2.12. The first-order chi connectivity index (χ1) is 5.16. The molecule has 1 aromatic heterocycles. The predicted octanol–water partition coefficient (Wildman–Crippen LogP) is 4.14. The van der Waals surface area contributed by atoms with Gasteiger partial charge in [-0.1, -0.05) is 6.08 Å². The molecule has 1 rings (SSSR count). The Kier molecular flexibility index (Phi) is 3.28. The van der Waals surface area contributed by atoms with Crippen LogP contribution < -0.4 is 0 Å². The molecule has 0 fully saturated rings. The Balaban J connectivity index is 3.11. The second kappa shape index (κ2) is 3.83. The van der Waals surface area contributed by atoms with Gasteiger partial charge >= 0.3 is 0 Å². The fourth-order valence-electron chi connectivity index (χ4n) is 0.704. The third-order valence-electron chi connectivity index (χ3n) is 1.20. The molecule has 60 valence electrons. The summed E-state index contributed by atoms with van der Waals surface area (Å²) in [6.07, 6.45) is 2.25. The van der Waals surface area contributed by atoms with Crippen LogP contribution in [-0.2, 0) is 6.42 Å². The fraction of sp³-hybridized carbons (Fsp3) is 0.143. The highest BCUT2D eigenvalue weighted by atomic mass is 79.9. The molecule has 0 aliphatic carbocycles. The lowest BCUT2D eigenvalue weighted by atomic mass is 10.2. The van der Waals surface area contributed by atoms with Crippen LogP contribution in [0, 0.1) is 5.82 Å². The summed E-state index contributed by atoms with van der Waals surface area (Å²) in [7, 11) is 0. The van der Waals surface area contributed by atoms with Gasteiger partial charge < -0.3 is 0 Å². The molecule has 11 heavy (non-hydrogen) atoms. The van der Waals surface area contributed by atoms with E-state index >= 15 is 0 Å². The van der Waals surface area contributed by atoms with Crippen molar-refractivity contribution in [2.45, 2.75) is 6.42 Å². The molecule has 0 nitrogen and oxygen atoms in total. The maximum Gasteiger partial charge on any atom is 0.152 e. The van der Waals surface area contributed by atoms with Crippen molar-refractivity contribution >= 4 is 43.2 Å². The van der Waals surface area contributed by atoms with Crippen LogP contribution in [-0.4, -0.2) is 0 Å². The second-order valence-electron chi connectivity index (χ2n) is 1.93. The van der Waals surface area contributed by atoms with E-state index in [4.69, 9.17) is 0 Å². The van der Waals surface area contributed by atoms with Crippen LogP contribution in [0.2, 0.25) is 0 Å². The second-order valence-corrected chi connectivity index (χ2v) is 5.59. The van der Waals surface area contributed by atoms with Crippen molar-refractivity contribution in [3.05, 3.63) is 31.6 Å². The normalized spacial score (nSPS) is 10.1. The van der Waals surface area contributed by atoms with E-state index in [1.165, 1.54) is 11.3 Å². The first-order valence-electron chi connectivity index (χ1n) is 2.90. The molecule has 0 radical (unpaired) electrons. The lowest BCUT2D eigenvalue weighted by Gasteiger charge is -1.91. The summed E-state index contributed by atoms with van der Waals surface area (Å²) in [4.78, 5) is 0. The van der Waals surface area contributed by atoms with Crippen LogP contribution in [0.4, 0.5) is 4.39 Å². The molecule has 1 heterocycles. The molecule has 0 aromatic carbocycles. The van der Waals surface area contributed by atoms with Crippen LogP contribution in [0.5, 0.6) is 0 Å².